The molecule has 0 unspecified atom stereocenters. The van der Waals surface area contributed by atoms with Crippen LogP contribution in [0.3, 0.4) is 0 Å². The van der Waals surface area contributed by atoms with E-state index in [1.165, 1.54) is 6.33 Å². The van der Waals surface area contributed by atoms with E-state index in [1.807, 2.05) is 24.3 Å². The number of pyridine rings is 1. The third-order valence-electron chi connectivity index (χ3n) is 2.68. The van der Waals surface area contributed by atoms with E-state index in [-0.39, 0.29) is 5.78 Å². The van der Waals surface area contributed by atoms with Crippen LogP contribution in [0.25, 0.3) is 10.9 Å². The number of carbonyl (C=O) groups is 1. The average molecular weight is 235 g/mol. The number of benzene rings is 1. The standard InChI is InChI=1S/C14H9N3O/c18-14(13-5-7-15-9-17-13)11-3-4-12-10(8-11)2-1-6-16-12/h1-9H. The second-order valence-electron chi connectivity index (χ2n) is 3.83. The van der Waals surface area contributed by atoms with Crippen LogP contribution in [-0.2, 0) is 0 Å². The first-order chi connectivity index (χ1) is 8.84. The Morgan fingerprint density at radius 1 is 1.00 bits per heavy atom. The second-order valence-corrected chi connectivity index (χ2v) is 3.83. The van der Waals surface area contributed by atoms with Crippen LogP contribution in [0.5, 0.6) is 0 Å². The van der Waals surface area contributed by atoms with E-state index in [4.69, 9.17) is 0 Å². The number of ketones is 1. The summed E-state index contributed by atoms with van der Waals surface area (Å²) in [5, 5.41) is 0.942. The lowest BCUT2D eigenvalue weighted by atomic mass is 10.1. The number of aromatic nitrogens is 3. The summed E-state index contributed by atoms with van der Waals surface area (Å²) in [5.41, 5.74) is 1.87. The van der Waals surface area contributed by atoms with Gasteiger partial charge in [-0.1, -0.05) is 6.07 Å². The number of hydrogen-bond acceptors (Lipinski definition) is 4. The third-order valence-corrected chi connectivity index (χ3v) is 2.68. The average Bonchev–Trinajstić information content (AvgIpc) is 2.47. The smallest absolute Gasteiger partial charge is 0.211 e. The van der Waals surface area contributed by atoms with Crippen LogP contribution in [0.15, 0.2) is 55.1 Å². The van der Waals surface area contributed by atoms with Gasteiger partial charge >= 0.3 is 0 Å². The Morgan fingerprint density at radius 2 is 1.94 bits per heavy atom. The Morgan fingerprint density at radius 3 is 2.78 bits per heavy atom. The van der Waals surface area contributed by atoms with Gasteiger partial charge in [0.25, 0.3) is 0 Å². The SMILES string of the molecule is O=C(c1ccc2ncccc2c1)c1ccncn1. The summed E-state index contributed by atoms with van der Waals surface area (Å²) in [4.78, 5) is 24.2. The summed E-state index contributed by atoms with van der Waals surface area (Å²) in [7, 11) is 0. The van der Waals surface area contributed by atoms with Crippen LogP contribution in [0.4, 0.5) is 0 Å². The van der Waals surface area contributed by atoms with Crippen molar-refractivity contribution in [3.05, 3.63) is 66.4 Å². The van der Waals surface area contributed by atoms with E-state index >= 15 is 0 Å². The second kappa shape index (κ2) is 4.33. The Hall–Kier alpha value is -2.62. The molecule has 0 bridgehead atoms. The molecule has 0 atom stereocenters. The Balaban J connectivity index is 2.07. The number of carbonyl (C=O) groups excluding carboxylic acids is 1. The number of rotatable bonds is 2. The van der Waals surface area contributed by atoms with Crippen molar-refractivity contribution < 1.29 is 4.79 Å². The Bertz CT molecular complexity index is 710. The molecule has 0 aliphatic heterocycles. The van der Waals surface area contributed by atoms with E-state index in [2.05, 4.69) is 15.0 Å². The van der Waals surface area contributed by atoms with Gasteiger partial charge in [-0.3, -0.25) is 9.78 Å². The molecule has 3 aromatic rings. The van der Waals surface area contributed by atoms with Gasteiger partial charge in [-0.25, -0.2) is 9.97 Å². The zero-order valence-corrected chi connectivity index (χ0v) is 9.45. The molecule has 1 aromatic carbocycles. The molecule has 0 saturated heterocycles. The Labute approximate surface area is 103 Å². The van der Waals surface area contributed by atoms with E-state index in [0.29, 0.717) is 11.3 Å². The zero-order valence-electron chi connectivity index (χ0n) is 9.45. The molecule has 4 nitrogen and oxygen atoms in total. The van der Waals surface area contributed by atoms with Crippen LogP contribution in [0.2, 0.25) is 0 Å². The highest BCUT2D eigenvalue weighted by Crippen LogP contribution is 2.15. The molecule has 2 heterocycles. The van der Waals surface area contributed by atoms with Crippen molar-refractivity contribution in [1.29, 1.82) is 0 Å². The number of nitrogens with zero attached hydrogens (tertiary/aromatic N) is 3. The maximum absolute atomic E-state index is 12.2. The molecule has 18 heavy (non-hydrogen) atoms. The molecule has 0 radical (unpaired) electrons. The van der Waals surface area contributed by atoms with Gasteiger partial charge < -0.3 is 0 Å². The molecule has 0 saturated carbocycles. The maximum atomic E-state index is 12.2. The molecule has 4 heteroatoms. The highest BCUT2D eigenvalue weighted by atomic mass is 16.1. The lowest BCUT2D eigenvalue weighted by molar-refractivity contribution is 0.103. The molecule has 0 spiro atoms. The minimum Gasteiger partial charge on any atom is -0.287 e. The van der Waals surface area contributed by atoms with Crippen LogP contribution in [0.1, 0.15) is 16.1 Å². The summed E-state index contributed by atoms with van der Waals surface area (Å²) in [6.45, 7) is 0. The molecular formula is C14H9N3O. The lowest BCUT2D eigenvalue weighted by Crippen LogP contribution is -2.03. The summed E-state index contributed by atoms with van der Waals surface area (Å²) >= 11 is 0. The molecular weight excluding hydrogens is 226 g/mol. The fourth-order valence-corrected chi connectivity index (χ4v) is 1.79. The minimum absolute atomic E-state index is 0.108. The van der Waals surface area contributed by atoms with Crippen LogP contribution >= 0.6 is 0 Å². The minimum atomic E-state index is -0.108. The van der Waals surface area contributed by atoms with Crippen molar-refractivity contribution in [2.24, 2.45) is 0 Å². The summed E-state index contributed by atoms with van der Waals surface area (Å²) in [5.74, 6) is -0.108. The molecule has 0 fully saturated rings. The molecule has 0 aliphatic rings. The molecule has 86 valence electrons. The first kappa shape index (κ1) is 10.5. The fraction of sp³-hybridized carbons (Fsp3) is 0. The largest absolute Gasteiger partial charge is 0.287 e. The van der Waals surface area contributed by atoms with Gasteiger partial charge in [-0.05, 0) is 30.3 Å². The zero-order chi connectivity index (χ0) is 12.4. The van der Waals surface area contributed by atoms with Crippen molar-refractivity contribution in [3.8, 4) is 0 Å². The maximum Gasteiger partial charge on any atom is 0.211 e. The predicted octanol–water partition coefficient (Wildman–Crippen LogP) is 2.26. The fourth-order valence-electron chi connectivity index (χ4n) is 1.79. The summed E-state index contributed by atoms with van der Waals surface area (Å²) < 4.78 is 0. The predicted molar refractivity (Wildman–Crippen MR) is 67.2 cm³/mol. The van der Waals surface area contributed by atoms with Crippen molar-refractivity contribution in [1.82, 2.24) is 15.0 Å². The summed E-state index contributed by atoms with van der Waals surface area (Å²) in [6.07, 6.45) is 4.66. The lowest BCUT2D eigenvalue weighted by Gasteiger charge is -2.01. The van der Waals surface area contributed by atoms with Crippen molar-refractivity contribution in [2.45, 2.75) is 0 Å². The van der Waals surface area contributed by atoms with Crippen molar-refractivity contribution in [2.75, 3.05) is 0 Å². The van der Waals surface area contributed by atoms with E-state index in [0.717, 1.165) is 10.9 Å². The molecule has 3 rings (SSSR count). The topological polar surface area (TPSA) is 55.7 Å². The molecule has 0 N–H and O–H groups in total. The van der Waals surface area contributed by atoms with Gasteiger partial charge in [0, 0.05) is 23.3 Å². The van der Waals surface area contributed by atoms with Crippen molar-refractivity contribution >= 4 is 16.7 Å². The third kappa shape index (κ3) is 1.84. The van der Waals surface area contributed by atoms with Gasteiger partial charge in [0.1, 0.15) is 12.0 Å². The first-order valence-corrected chi connectivity index (χ1v) is 5.50. The highest BCUT2D eigenvalue weighted by molar-refractivity contribution is 6.09. The van der Waals surface area contributed by atoms with Gasteiger partial charge in [0.2, 0.25) is 5.78 Å². The normalized spacial score (nSPS) is 10.4. The first-order valence-electron chi connectivity index (χ1n) is 5.50. The number of hydrogen-bond donors (Lipinski definition) is 0. The monoisotopic (exact) mass is 235 g/mol. The van der Waals surface area contributed by atoms with Crippen LogP contribution in [0, 0.1) is 0 Å². The van der Waals surface area contributed by atoms with E-state index in [1.54, 1.807) is 24.5 Å². The van der Waals surface area contributed by atoms with Gasteiger partial charge in [-0.15, -0.1) is 0 Å². The Kier molecular flexibility index (Phi) is 2.53. The van der Waals surface area contributed by atoms with Gasteiger partial charge in [-0.2, -0.15) is 0 Å². The number of fused-ring (bicyclic) bond motifs is 1. The van der Waals surface area contributed by atoms with Gasteiger partial charge in [0.05, 0.1) is 5.52 Å². The molecule has 0 amide bonds. The van der Waals surface area contributed by atoms with Crippen LogP contribution < -0.4 is 0 Å². The van der Waals surface area contributed by atoms with Crippen LogP contribution in [-0.4, -0.2) is 20.7 Å². The molecule has 2 aromatic heterocycles. The summed E-state index contributed by atoms with van der Waals surface area (Å²) in [6, 6.07) is 10.8. The molecule has 0 aliphatic carbocycles. The quantitative estimate of drug-likeness (QED) is 0.639. The van der Waals surface area contributed by atoms with E-state index in [9.17, 15) is 4.79 Å². The van der Waals surface area contributed by atoms with E-state index < -0.39 is 0 Å². The van der Waals surface area contributed by atoms with Gasteiger partial charge in [0.15, 0.2) is 0 Å². The van der Waals surface area contributed by atoms with Crippen molar-refractivity contribution in [3.63, 3.8) is 0 Å². The highest BCUT2D eigenvalue weighted by Gasteiger charge is 2.10.